The Hall–Kier alpha value is -1.91. The largest absolute Gasteiger partial charge is 0.508 e. The molecule has 2 aromatic carbocycles. The van der Waals surface area contributed by atoms with Gasteiger partial charge in [-0.15, -0.1) is 0 Å². The first-order valence-corrected chi connectivity index (χ1v) is 6.56. The summed E-state index contributed by atoms with van der Waals surface area (Å²) in [5, 5.41) is 19.3. The van der Waals surface area contributed by atoms with Gasteiger partial charge in [0.25, 0.3) is 0 Å². The Labute approximate surface area is 124 Å². The molecule has 3 rings (SSSR count). The van der Waals surface area contributed by atoms with Crippen molar-refractivity contribution in [2.75, 3.05) is 4.90 Å². The summed E-state index contributed by atoms with van der Waals surface area (Å²) in [6.45, 7) is 0. The minimum absolute atomic E-state index is 0.0682. The van der Waals surface area contributed by atoms with Gasteiger partial charge in [0.1, 0.15) is 11.5 Å². The Bertz CT molecular complexity index is 707. The highest BCUT2D eigenvalue weighted by Crippen LogP contribution is 2.44. The zero-order valence-electron chi connectivity index (χ0n) is 10.1. The molecule has 1 aliphatic rings. The predicted octanol–water partition coefficient (Wildman–Crippen LogP) is 3.63. The van der Waals surface area contributed by atoms with E-state index >= 15 is 0 Å². The van der Waals surface area contributed by atoms with Crippen LogP contribution < -0.4 is 4.90 Å². The normalized spacial score (nSPS) is 13.7. The number of nitrogens with zero attached hydrogens (tertiary/aromatic N) is 1. The van der Waals surface area contributed by atoms with E-state index in [1.165, 1.54) is 29.2 Å². The van der Waals surface area contributed by atoms with Crippen LogP contribution >= 0.6 is 23.2 Å². The lowest BCUT2D eigenvalue weighted by Crippen LogP contribution is -2.21. The molecule has 2 aromatic rings. The number of phenolic OH excluding ortho intramolecular Hbond substituents is 2. The van der Waals surface area contributed by atoms with Crippen LogP contribution in [0.15, 0.2) is 30.3 Å². The number of anilines is 2. The van der Waals surface area contributed by atoms with E-state index in [0.717, 1.165) is 0 Å². The molecule has 4 nitrogen and oxygen atoms in total. The van der Waals surface area contributed by atoms with Crippen molar-refractivity contribution in [1.82, 2.24) is 0 Å². The van der Waals surface area contributed by atoms with Crippen molar-refractivity contribution in [3.8, 4) is 11.5 Å². The molecule has 0 bridgehead atoms. The van der Waals surface area contributed by atoms with Gasteiger partial charge in [-0.1, -0.05) is 23.2 Å². The van der Waals surface area contributed by atoms with Crippen LogP contribution in [0, 0.1) is 0 Å². The minimum atomic E-state index is -0.194. The third-order valence-corrected chi connectivity index (χ3v) is 3.70. The summed E-state index contributed by atoms with van der Waals surface area (Å²) in [7, 11) is 0. The van der Waals surface area contributed by atoms with Gasteiger partial charge in [-0.25, -0.2) is 0 Å². The predicted molar refractivity (Wildman–Crippen MR) is 77.1 cm³/mol. The molecule has 0 saturated heterocycles. The number of amides is 1. The van der Waals surface area contributed by atoms with Gasteiger partial charge in [-0.3, -0.25) is 9.69 Å². The van der Waals surface area contributed by atoms with Crippen LogP contribution in [0.2, 0.25) is 10.0 Å². The van der Waals surface area contributed by atoms with E-state index in [-0.39, 0.29) is 33.9 Å². The topological polar surface area (TPSA) is 60.8 Å². The maximum absolute atomic E-state index is 12.2. The molecule has 0 unspecified atom stereocenters. The molecule has 20 heavy (non-hydrogen) atoms. The molecular formula is C14H9Cl2NO3. The second kappa shape index (κ2) is 4.58. The molecule has 1 heterocycles. The third-order valence-electron chi connectivity index (χ3n) is 3.12. The summed E-state index contributed by atoms with van der Waals surface area (Å²) in [6.07, 6.45) is 0.164. The highest BCUT2D eigenvalue weighted by atomic mass is 35.5. The molecule has 1 amide bonds. The smallest absolute Gasteiger partial charge is 0.236 e. The van der Waals surface area contributed by atoms with Crippen molar-refractivity contribution in [3.05, 3.63) is 45.9 Å². The molecule has 6 heteroatoms. The van der Waals surface area contributed by atoms with Crippen LogP contribution in [0.4, 0.5) is 11.4 Å². The monoisotopic (exact) mass is 309 g/mol. The molecule has 0 fully saturated rings. The first-order valence-electron chi connectivity index (χ1n) is 5.80. The number of aromatic hydroxyl groups is 2. The molecule has 0 aromatic heterocycles. The lowest BCUT2D eigenvalue weighted by atomic mass is 10.1. The highest BCUT2D eigenvalue weighted by Gasteiger charge is 2.31. The number of carbonyl (C=O) groups is 1. The standard InChI is InChI=1S/C14H9Cl2NO3/c15-10-5-9(19)6-11(16)14(10)17-12-2-1-8(18)3-7(12)4-13(17)20/h1-3,5-6,18-19H,4H2. The number of carbonyl (C=O) groups excluding carboxylic acids is 1. The average molecular weight is 310 g/mol. The molecular weight excluding hydrogens is 301 g/mol. The van der Waals surface area contributed by atoms with Gasteiger partial charge < -0.3 is 10.2 Å². The number of fused-ring (bicyclic) bond motifs is 1. The molecule has 2 N–H and O–H groups in total. The Morgan fingerprint density at radius 1 is 1.00 bits per heavy atom. The lowest BCUT2D eigenvalue weighted by molar-refractivity contribution is -0.116. The summed E-state index contributed by atoms with van der Waals surface area (Å²) in [6, 6.07) is 7.32. The first-order chi connectivity index (χ1) is 9.47. The number of benzene rings is 2. The highest BCUT2D eigenvalue weighted by molar-refractivity contribution is 6.40. The zero-order valence-corrected chi connectivity index (χ0v) is 11.6. The van der Waals surface area contributed by atoms with E-state index in [1.807, 2.05) is 0 Å². The number of halogens is 2. The van der Waals surface area contributed by atoms with Gasteiger partial charge >= 0.3 is 0 Å². The van der Waals surface area contributed by atoms with E-state index in [1.54, 1.807) is 6.07 Å². The SMILES string of the molecule is O=C1Cc2cc(O)ccc2N1c1c(Cl)cc(O)cc1Cl. The average Bonchev–Trinajstić information content (AvgIpc) is 2.64. The van der Waals surface area contributed by atoms with Gasteiger partial charge in [-0.05, 0) is 23.8 Å². The maximum atomic E-state index is 12.2. The van der Waals surface area contributed by atoms with Gasteiger partial charge in [0.05, 0.1) is 27.8 Å². The van der Waals surface area contributed by atoms with Crippen LogP contribution in [0.25, 0.3) is 0 Å². The van der Waals surface area contributed by atoms with Crippen LogP contribution in [-0.2, 0) is 11.2 Å². The van der Waals surface area contributed by atoms with E-state index in [9.17, 15) is 15.0 Å². The fourth-order valence-electron chi connectivity index (χ4n) is 2.32. The number of hydrogen-bond acceptors (Lipinski definition) is 3. The van der Waals surface area contributed by atoms with Crippen molar-refractivity contribution in [2.45, 2.75) is 6.42 Å². The quantitative estimate of drug-likeness (QED) is 0.845. The molecule has 1 aliphatic heterocycles. The van der Waals surface area contributed by atoms with E-state index in [2.05, 4.69) is 0 Å². The molecule has 0 spiro atoms. The van der Waals surface area contributed by atoms with Gasteiger partial charge in [0.2, 0.25) is 5.91 Å². The summed E-state index contributed by atoms with van der Waals surface area (Å²) in [5.74, 6) is -0.164. The molecule has 102 valence electrons. The van der Waals surface area contributed by atoms with Gasteiger partial charge in [-0.2, -0.15) is 0 Å². The first kappa shape index (κ1) is 13.1. The van der Waals surface area contributed by atoms with Crippen LogP contribution in [0.1, 0.15) is 5.56 Å². The second-order valence-corrected chi connectivity index (χ2v) is 5.29. The van der Waals surface area contributed by atoms with Crippen LogP contribution in [-0.4, -0.2) is 16.1 Å². The summed E-state index contributed by atoms with van der Waals surface area (Å²) < 4.78 is 0. The van der Waals surface area contributed by atoms with E-state index < -0.39 is 0 Å². The maximum Gasteiger partial charge on any atom is 0.236 e. The minimum Gasteiger partial charge on any atom is -0.508 e. The fourth-order valence-corrected chi connectivity index (χ4v) is 2.96. The molecule has 0 radical (unpaired) electrons. The Kier molecular flexibility index (Phi) is 3.00. The summed E-state index contributed by atoms with van der Waals surface area (Å²) in [5.41, 5.74) is 1.66. The zero-order chi connectivity index (χ0) is 14.4. The lowest BCUT2D eigenvalue weighted by Gasteiger charge is -2.20. The molecule has 0 aliphatic carbocycles. The molecule has 0 saturated carbocycles. The summed E-state index contributed by atoms with van der Waals surface area (Å²) in [4.78, 5) is 13.6. The Morgan fingerprint density at radius 3 is 2.30 bits per heavy atom. The number of phenols is 2. The number of hydrogen-bond donors (Lipinski definition) is 2. The van der Waals surface area contributed by atoms with Crippen molar-refractivity contribution in [2.24, 2.45) is 0 Å². The van der Waals surface area contributed by atoms with Gasteiger partial charge in [0.15, 0.2) is 0 Å². The van der Waals surface area contributed by atoms with E-state index in [0.29, 0.717) is 16.9 Å². The number of rotatable bonds is 1. The van der Waals surface area contributed by atoms with Crippen LogP contribution in [0.5, 0.6) is 11.5 Å². The molecule has 0 atom stereocenters. The third kappa shape index (κ3) is 1.97. The van der Waals surface area contributed by atoms with E-state index in [4.69, 9.17) is 23.2 Å². The van der Waals surface area contributed by atoms with Crippen LogP contribution in [0.3, 0.4) is 0 Å². The Balaban J connectivity index is 2.20. The van der Waals surface area contributed by atoms with Crippen molar-refractivity contribution < 1.29 is 15.0 Å². The van der Waals surface area contributed by atoms with Gasteiger partial charge in [0, 0.05) is 12.1 Å². The second-order valence-electron chi connectivity index (χ2n) is 4.48. The van der Waals surface area contributed by atoms with Crippen molar-refractivity contribution >= 4 is 40.5 Å². The summed E-state index contributed by atoms with van der Waals surface area (Å²) >= 11 is 12.2. The van der Waals surface area contributed by atoms with Crippen molar-refractivity contribution in [3.63, 3.8) is 0 Å². The fraction of sp³-hybridized carbons (Fsp3) is 0.0714. The Morgan fingerprint density at radius 2 is 1.65 bits per heavy atom. The van der Waals surface area contributed by atoms with Crippen molar-refractivity contribution in [1.29, 1.82) is 0 Å².